The van der Waals surface area contributed by atoms with E-state index in [4.69, 9.17) is 4.74 Å². The first-order chi connectivity index (χ1) is 12.7. The van der Waals surface area contributed by atoms with Crippen molar-refractivity contribution in [2.45, 2.75) is 12.8 Å². The molecule has 0 radical (unpaired) electrons. The van der Waals surface area contributed by atoms with Crippen LogP contribution in [0.4, 0.5) is 5.69 Å². The molecule has 0 bridgehead atoms. The molecule has 1 N–H and O–H groups in total. The Balaban J connectivity index is 1.46. The minimum absolute atomic E-state index is 0.0238. The van der Waals surface area contributed by atoms with Gasteiger partial charge in [0.15, 0.2) is 0 Å². The third-order valence-corrected chi connectivity index (χ3v) is 4.94. The molecular formula is C21H21N3O2. The molecule has 1 unspecified atom stereocenters. The number of anilines is 1. The lowest BCUT2D eigenvalue weighted by Crippen LogP contribution is -2.27. The van der Waals surface area contributed by atoms with E-state index in [0.717, 1.165) is 47.5 Å². The highest BCUT2D eigenvalue weighted by Crippen LogP contribution is 2.30. The van der Waals surface area contributed by atoms with Gasteiger partial charge in [0, 0.05) is 29.9 Å². The second-order valence-electron chi connectivity index (χ2n) is 6.56. The number of aromatic amines is 1. The monoisotopic (exact) mass is 347 g/mol. The second-order valence-corrected chi connectivity index (χ2v) is 6.56. The Labute approximate surface area is 152 Å². The van der Waals surface area contributed by atoms with Crippen molar-refractivity contribution in [2.75, 3.05) is 18.6 Å². The minimum Gasteiger partial charge on any atom is -0.497 e. The van der Waals surface area contributed by atoms with Crippen LogP contribution in [0.25, 0.3) is 11.1 Å². The zero-order chi connectivity index (χ0) is 17.9. The standard InChI is InChI=1S/C21H21N3O2/c1-26-20-4-2-3-15(12-20)11-17-9-10-24(21(17)25)19-7-5-16(6-8-19)18-13-22-23-14-18/h2-8,12-14,17H,9-11H2,1H3,(H,22,23). The topological polar surface area (TPSA) is 58.2 Å². The molecule has 0 aliphatic carbocycles. The van der Waals surface area contributed by atoms with Crippen LogP contribution in [-0.2, 0) is 11.2 Å². The maximum Gasteiger partial charge on any atom is 0.230 e. The van der Waals surface area contributed by atoms with Crippen molar-refractivity contribution < 1.29 is 9.53 Å². The molecule has 1 aliphatic rings. The van der Waals surface area contributed by atoms with Crippen molar-refractivity contribution in [3.8, 4) is 16.9 Å². The summed E-state index contributed by atoms with van der Waals surface area (Å²) in [5.41, 5.74) is 4.22. The first kappa shape index (κ1) is 16.4. The van der Waals surface area contributed by atoms with Crippen molar-refractivity contribution in [1.29, 1.82) is 0 Å². The highest BCUT2D eigenvalue weighted by atomic mass is 16.5. The molecule has 3 aromatic rings. The van der Waals surface area contributed by atoms with E-state index in [1.54, 1.807) is 13.3 Å². The number of ether oxygens (including phenoxy) is 1. The van der Waals surface area contributed by atoms with Crippen molar-refractivity contribution in [1.82, 2.24) is 10.2 Å². The predicted molar refractivity (Wildman–Crippen MR) is 101 cm³/mol. The lowest BCUT2D eigenvalue weighted by atomic mass is 9.98. The summed E-state index contributed by atoms with van der Waals surface area (Å²) >= 11 is 0. The number of carbonyl (C=O) groups excluding carboxylic acids is 1. The van der Waals surface area contributed by atoms with Gasteiger partial charge in [-0.3, -0.25) is 9.89 Å². The summed E-state index contributed by atoms with van der Waals surface area (Å²) in [4.78, 5) is 14.8. The Kier molecular flexibility index (Phi) is 4.44. The number of carbonyl (C=O) groups is 1. The lowest BCUT2D eigenvalue weighted by Gasteiger charge is -2.17. The third kappa shape index (κ3) is 3.20. The summed E-state index contributed by atoms with van der Waals surface area (Å²) in [6.07, 6.45) is 5.28. The van der Waals surface area contributed by atoms with E-state index in [9.17, 15) is 4.79 Å². The zero-order valence-corrected chi connectivity index (χ0v) is 14.7. The molecule has 1 aromatic heterocycles. The number of rotatable bonds is 5. The van der Waals surface area contributed by atoms with Gasteiger partial charge in [-0.15, -0.1) is 0 Å². The van der Waals surface area contributed by atoms with Crippen LogP contribution in [0.15, 0.2) is 60.9 Å². The Bertz CT molecular complexity index is 888. The summed E-state index contributed by atoms with van der Waals surface area (Å²) in [7, 11) is 1.66. The quantitative estimate of drug-likeness (QED) is 0.766. The number of methoxy groups -OCH3 is 1. The van der Waals surface area contributed by atoms with Crippen molar-refractivity contribution in [3.05, 3.63) is 66.5 Å². The number of H-pyrrole nitrogens is 1. The van der Waals surface area contributed by atoms with Crippen LogP contribution in [0.1, 0.15) is 12.0 Å². The van der Waals surface area contributed by atoms with E-state index in [0.29, 0.717) is 0 Å². The fourth-order valence-corrected chi connectivity index (χ4v) is 3.51. The smallest absolute Gasteiger partial charge is 0.230 e. The maximum atomic E-state index is 12.9. The molecule has 2 aromatic carbocycles. The first-order valence-corrected chi connectivity index (χ1v) is 8.78. The molecule has 0 saturated carbocycles. The van der Waals surface area contributed by atoms with Gasteiger partial charge in [-0.25, -0.2) is 0 Å². The zero-order valence-electron chi connectivity index (χ0n) is 14.7. The van der Waals surface area contributed by atoms with Gasteiger partial charge in [-0.2, -0.15) is 5.10 Å². The fourth-order valence-electron chi connectivity index (χ4n) is 3.51. The van der Waals surface area contributed by atoms with Gasteiger partial charge in [0.2, 0.25) is 5.91 Å². The minimum atomic E-state index is 0.0238. The lowest BCUT2D eigenvalue weighted by molar-refractivity contribution is -0.120. The van der Waals surface area contributed by atoms with E-state index in [-0.39, 0.29) is 11.8 Å². The van der Waals surface area contributed by atoms with E-state index in [2.05, 4.69) is 16.3 Å². The van der Waals surface area contributed by atoms with Crippen molar-refractivity contribution in [3.63, 3.8) is 0 Å². The number of hydrogen-bond acceptors (Lipinski definition) is 3. The SMILES string of the molecule is COc1cccc(CC2CCN(c3ccc(-c4cn[nH]c4)cc3)C2=O)c1. The van der Waals surface area contributed by atoms with Gasteiger partial charge in [0.1, 0.15) is 5.75 Å². The molecule has 132 valence electrons. The Morgan fingerprint density at radius 2 is 2.04 bits per heavy atom. The molecule has 1 saturated heterocycles. The fraction of sp³-hybridized carbons (Fsp3) is 0.238. The van der Waals surface area contributed by atoms with Crippen LogP contribution in [0.5, 0.6) is 5.75 Å². The van der Waals surface area contributed by atoms with Crippen LogP contribution < -0.4 is 9.64 Å². The number of nitrogens with zero attached hydrogens (tertiary/aromatic N) is 2. The molecule has 26 heavy (non-hydrogen) atoms. The Morgan fingerprint density at radius 1 is 1.19 bits per heavy atom. The Hall–Kier alpha value is -3.08. The third-order valence-electron chi connectivity index (χ3n) is 4.94. The normalized spacial score (nSPS) is 16.9. The molecule has 1 atom stereocenters. The van der Waals surface area contributed by atoms with E-state index >= 15 is 0 Å². The number of amides is 1. The highest BCUT2D eigenvalue weighted by Gasteiger charge is 2.32. The van der Waals surface area contributed by atoms with Crippen molar-refractivity contribution >= 4 is 11.6 Å². The average molecular weight is 347 g/mol. The average Bonchev–Trinajstić information content (AvgIpc) is 3.33. The van der Waals surface area contributed by atoms with Gasteiger partial charge < -0.3 is 9.64 Å². The van der Waals surface area contributed by atoms with Gasteiger partial charge >= 0.3 is 0 Å². The van der Waals surface area contributed by atoms with E-state index < -0.39 is 0 Å². The molecule has 5 heteroatoms. The van der Waals surface area contributed by atoms with Gasteiger partial charge in [-0.05, 0) is 48.2 Å². The number of nitrogens with one attached hydrogen (secondary N) is 1. The van der Waals surface area contributed by atoms with Gasteiger partial charge in [0.05, 0.1) is 13.3 Å². The molecule has 2 heterocycles. The molecular weight excluding hydrogens is 326 g/mol. The summed E-state index contributed by atoms with van der Waals surface area (Å²) in [5.74, 6) is 1.05. The van der Waals surface area contributed by atoms with Crippen LogP contribution in [0, 0.1) is 5.92 Å². The van der Waals surface area contributed by atoms with Gasteiger partial charge in [0.25, 0.3) is 0 Å². The van der Waals surface area contributed by atoms with Gasteiger partial charge in [-0.1, -0.05) is 24.3 Å². The number of aromatic nitrogens is 2. The molecule has 4 rings (SSSR count). The largest absolute Gasteiger partial charge is 0.497 e. The number of benzene rings is 2. The van der Waals surface area contributed by atoms with Crippen molar-refractivity contribution in [2.24, 2.45) is 5.92 Å². The van der Waals surface area contributed by atoms with Crippen LogP contribution in [0.3, 0.4) is 0 Å². The van der Waals surface area contributed by atoms with Crippen LogP contribution in [-0.4, -0.2) is 29.8 Å². The molecule has 1 fully saturated rings. The second kappa shape index (κ2) is 7.04. The summed E-state index contributed by atoms with van der Waals surface area (Å²) < 4.78 is 5.28. The van der Waals surface area contributed by atoms with E-state index in [1.807, 2.05) is 53.6 Å². The molecule has 5 nitrogen and oxygen atoms in total. The van der Waals surface area contributed by atoms with Crippen LogP contribution >= 0.6 is 0 Å². The van der Waals surface area contributed by atoms with E-state index in [1.165, 1.54) is 0 Å². The molecule has 1 aliphatic heterocycles. The Morgan fingerprint density at radius 3 is 2.77 bits per heavy atom. The summed E-state index contributed by atoms with van der Waals surface area (Å²) in [6.45, 7) is 0.762. The maximum absolute atomic E-state index is 12.9. The number of hydrogen-bond donors (Lipinski definition) is 1. The summed E-state index contributed by atoms with van der Waals surface area (Å²) in [6, 6.07) is 16.0. The molecule has 0 spiro atoms. The summed E-state index contributed by atoms with van der Waals surface area (Å²) in [5, 5.41) is 6.79. The molecule has 1 amide bonds. The highest BCUT2D eigenvalue weighted by molar-refractivity contribution is 5.97. The van der Waals surface area contributed by atoms with Crippen LogP contribution in [0.2, 0.25) is 0 Å². The first-order valence-electron chi connectivity index (χ1n) is 8.78. The predicted octanol–water partition coefficient (Wildman–Crippen LogP) is 3.68.